The lowest BCUT2D eigenvalue weighted by Crippen LogP contribution is -2.55. The van der Waals surface area contributed by atoms with Gasteiger partial charge in [-0.3, -0.25) is 9.59 Å². The first-order valence-electron chi connectivity index (χ1n) is 10.8. The van der Waals surface area contributed by atoms with E-state index in [1.54, 1.807) is 20.8 Å². The van der Waals surface area contributed by atoms with Crippen LogP contribution < -0.4 is 16.0 Å². The van der Waals surface area contributed by atoms with Crippen molar-refractivity contribution in [2.24, 2.45) is 0 Å². The molecule has 184 valence electrons. The van der Waals surface area contributed by atoms with E-state index in [1.165, 1.54) is 7.11 Å². The molecule has 0 aliphatic heterocycles. The van der Waals surface area contributed by atoms with Gasteiger partial charge < -0.3 is 30.5 Å². The summed E-state index contributed by atoms with van der Waals surface area (Å²) in [5.74, 6) is -2.87. The molecule has 0 spiro atoms. The second kappa shape index (κ2) is 12.0. The third-order valence-electron chi connectivity index (χ3n) is 4.73. The number of methoxy groups -OCH3 is 1. The van der Waals surface area contributed by atoms with Crippen LogP contribution in [0, 0.1) is 0 Å². The number of rotatable bonds is 10. The number of carboxylic acid groups (broad SMARTS) is 1. The van der Waals surface area contributed by atoms with E-state index in [1.807, 2.05) is 42.5 Å². The Morgan fingerprint density at radius 2 is 1.65 bits per heavy atom. The fourth-order valence-corrected chi connectivity index (χ4v) is 3.24. The van der Waals surface area contributed by atoms with Gasteiger partial charge in [-0.15, -0.1) is 0 Å². The number of amides is 2. The lowest BCUT2D eigenvalue weighted by atomic mass is 10.0. The molecule has 0 fully saturated rings. The first-order valence-corrected chi connectivity index (χ1v) is 10.8. The summed E-state index contributed by atoms with van der Waals surface area (Å²) in [5.41, 5.74) is 0.164. The van der Waals surface area contributed by atoms with Crippen molar-refractivity contribution in [2.75, 3.05) is 13.7 Å². The Morgan fingerprint density at radius 1 is 0.971 bits per heavy atom. The summed E-state index contributed by atoms with van der Waals surface area (Å²) in [6.07, 6.45) is -1.64. The minimum Gasteiger partial charge on any atom is -0.481 e. The molecular weight excluding hydrogens is 442 g/mol. The van der Waals surface area contributed by atoms with E-state index in [9.17, 15) is 19.2 Å². The number of carbonyl (C=O) groups excluding carboxylic acids is 3. The molecule has 2 aromatic rings. The predicted molar refractivity (Wildman–Crippen MR) is 125 cm³/mol. The molecular formula is C24H31N3O7. The summed E-state index contributed by atoms with van der Waals surface area (Å²) in [7, 11) is 1.18. The number of carboxylic acids is 1. The van der Waals surface area contributed by atoms with Crippen molar-refractivity contribution in [3.8, 4) is 0 Å². The topological polar surface area (TPSA) is 143 Å². The monoisotopic (exact) mass is 473 g/mol. The molecule has 10 heteroatoms. The Morgan fingerprint density at radius 3 is 2.29 bits per heavy atom. The second-order valence-electron chi connectivity index (χ2n) is 8.65. The Hall–Kier alpha value is -3.66. The van der Waals surface area contributed by atoms with Gasteiger partial charge in [0.25, 0.3) is 0 Å². The van der Waals surface area contributed by atoms with Crippen LogP contribution in [0.25, 0.3) is 10.8 Å². The average Bonchev–Trinajstić information content (AvgIpc) is 2.75. The van der Waals surface area contributed by atoms with E-state index < -0.39 is 48.0 Å². The van der Waals surface area contributed by atoms with Crippen LogP contribution in [0.1, 0.15) is 32.8 Å². The molecule has 0 saturated heterocycles. The summed E-state index contributed by atoms with van der Waals surface area (Å²) in [4.78, 5) is 48.3. The number of esters is 1. The zero-order chi connectivity index (χ0) is 25.3. The number of alkyl carbamates (subject to hydrolysis) is 1. The van der Waals surface area contributed by atoms with Gasteiger partial charge in [0.1, 0.15) is 17.7 Å². The van der Waals surface area contributed by atoms with Crippen molar-refractivity contribution in [2.45, 2.75) is 51.4 Å². The maximum Gasteiger partial charge on any atom is 0.408 e. The Bertz CT molecular complexity index is 1030. The van der Waals surface area contributed by atoms with E-state index in [2.05, 4.69) is 16.0 Å². The number of benzene rings is 2. The molecule has 0 radical (unpaired) electrons. The number of fused-ring (bicyclic) bond motifs is 1. The van der Waals surface area contributed by atoms with E-state index in [0.717, 1.165) is 16.3 Å². The third kappa shape index (κ3) is 8.36. The highest BCUT2D eigenvalue weighted by molar-refractivity contribution is 5.92. The van der Waals surface area contributed by atoms with Gasteiger partial charge in [0.2, 0.25) is 5.91 Å². The van der Waals surface area contributed by atoms with Crippen molar-refractivity contribution >= 4 is 34.7 Å². The normalized spacial score (nSPS) is 12.9. The summed E-state index contributed by atoms with van der Waals surface area (Å²) in [6, 6.07) is 11.2. The van der Waals surface area contributed by atoms with Crippen molar-refractivity contribution in [3.63, 3.8) is 0 Å². The Balaban J connectivity index is 2.06. The van der Waals surface area contributed by atoms with Gasteiger partial charge in [0.15, 0.2) is 0 Å². The number of hydrogen-bond acceptors (Lipinski definition) is 7. The van der Waals surface area contributed by atoms with E-state index in [0.29, 0.717) is 6.54 Å². The van der Waals surface area contributed by atoms with Gasteiger partial charge >= 0.3 is 18.0 Å². The van der Waals surface area contributed by atoms with Crippen LogP contribution in [-0.2, 0) is 30.4 Å². The zero-order valence-corrected chi connectivity index (χ0v) is 19.7. The minimum absolute atomic E-state index is 0.0217. The van der Waals surface area contributed by atoms with Gasteiger partial charge in [0.05, 0.1) is 13.5 Å². The fourth-order valence-electron chi connectivity index (χ4n) is 3.24. The van der Waals surface area contributed by atoms with Crippen LogP contribution in [-0.4, -0.2) is 60.4 Å². The van der Waals surface area contributed by atoms with Crippen LogP contribution >= 0.6 is 0 Å². The van der Waals surface area contributed by atoms with Crippen LogP contribution in [0.15, 0.2) is 42.5 Å². The molecule has 2 atom stereocenters. The molecule has 0 aliphatic rings. The van der Waals surface area contributed by atoms with Crippen LogP contribution in [0.5, 0.6) is 0 Å². The molecule has 2 amide bonds. The van der Waals surface area contributed by atoms with Gasteiger partial charge in [0, 0.05) is 13.1 Å². The highest BCUT2D eigenvalue weighted by Gasteiger charge is 2.30. The maximum atomic E-state index is 12.7. The van der Waals surface area contributed by atoms with Gasteiger partial charge in [-0.05, 0) is 37.1 Å². The lowest BCUT2D eigenvalue weighted by Gasteiger charge is -2.24. The number of hydrogen-bond donors (Lipinski definition) is 4. The first-order chi connectivity index (χ1) is 16.0. The molecule has 10 nitrogen and oxygen atoms in total. The molecule has 34 heavy (non-hydrogen) atoms. The van der Waals surface area contributed by atoms with Crippen LogP contribution in [0.2, 0.25) is 0 Å². The number of ether oxygens (including phenoxy) is 2. The fraction of sp³-hybridized carbons (Fsp3) is 0.417. The second-order valence-corrected chi connectivity index (χ2v) is 8.65. The van der Waals surface area contributed by atoms with Crippen molar-refractivity contribution < 1.29 is 33.8 Å². The molecule has 2 aromatic carbocycles. The van der Waals surface area contributed by atoms with Crippen molar-refractivity contribution in [1.82, 2.24) is 16.0 Å². The Kier molecular flexibility index (Phi) is 9.37. The average molecular weight is 474 g/mol. The molecule has 0 aromatic heterocycles. The highest BCUT2D eigenvalue weighted by atomic mass is 16.6. The van der Waals surface area contributed by atoms with Crippen molar-refractivity contribution in [1.29, 1.82) is 0 Å². The van der Waals surface area contributed by atoms with Crippen molar-refractivity contribution in [3.05, 3.63) is 48.0 Å². The quantitative estimate of drug-likeness (QED) is 0.384. The van der Waals surface area contributed by atoms with E-state index in [4.69, 9.17) is 14.6 Å². The van der Waals surface area contributed by atoms with Gasteiger partial charge in [-0.1, -0.05) is 42.5 Å². The predicted octanol–water partition coefficient (Wildman–Crippen LogP) is 1.96. The van der Waals surface area contributed by atoms with Gasteiger partial charge in [-0.2, -0.15) is 0 Å². The first kappa shape index (κ1) is 26.6. The third-order valence-corrected chi connectivity index (χ3v) is 4.73. The molecule has 0 aliphatic carbocycles. The largest absolute Gasteiger partial charge is 0.481 e. The summed E-state index contributed by atoms with van der Waals surface area (Å²) >= 11 is 0. The summed E-state index contributed by atoms with van der Waals surface area (Å²) < 4.78 is 9.87. The smallest absolute Gasteiger partial charge is 0.408 e. The lowest BCUT2D eigenvalue weighted by molar-refractivity contribution is -0.145. The van der Waals surface area contributed by atoms with Gasteiger partial charge in [-0.25, -0.2) is 9.59 Å². The number of aliphatic carboxylic acids is 1. The molecule has 0 saturated carbocycles. The summed E-state index contributed by atoms with van der Waals surface area (Å²) in [6.45, 7) is 5.34. The molecule has 0 heterocycles. The molecule has 4 N–H and O–H groups in total. The van der Waals surface area contributed by atoms with E-state index in [-0.39, 0.29) is 6.54 Å². The Labute approximate surface area is 198 Å². The zero-order valence-electron chi connectivity index (χ0n) is 19.7. The maximum absolute atomic E-state index is 12.7. The molecule has 2 rings (SSSR count). The van der Waals surface area contributed by atoms with Crippen LogP contribution in [0.4, 0.5) is 4.79 Å². The number of nitrogens with one attached hydrogen (secondary N) is 3. The summed E-state index contributed by atoms with van der Waals surface area (Å²) in [5, 5.41) is 19.1. The van der Waals surface area contributed by atoms with E-state index >= 15 is 0 Å². The minimum atomic E-state index is -1.45. The standard InChI is InChI=1S/C24H31N3O7/c1-24(2,3)34-23(32)27-18(12-20(28)29)21(30)26-19(22(31)33-4)14-25-13-16-10-7-9-15-8-5-6-11-17(15)16/h5-11,18-19,25H,12-14H2,1-4H3,(H,26,30)(H,27,32)(H,28,29)/t18-,19-/m0/s1. The number of carbonyl (C=O) groups is 4. The highest BCUT2D eigenvalue weighted by Crippen LogP contribution is 2.18. The molecule has 0 bridgehead atoms. The molecule has 0 unspecified atom stereocenters. The SMILES string of the molecule is COC(=O)[C@H](CNCc1cccc2ccccc12)NC(=O)[C@H](CC(=O)O)NC(=O)OC(C)(C)C. The van der Waals surface area contributed by atoms with Crippen LogP contribution in [0.3, 0.4) is 0 Å².